The van der Waals surface area contributed by atoms with E-state index in [9.17, 15) is 9.90 Å². The molecule has 3 aromatic rings. The van der Waals surface area contributed by atoms with Crippen LogP contribution in [0.1, 0.15) is 31.9 Å². The highest BCUT2D eigenvalue weighted by atomic mass is 79.9. The summed E-state index contributed by atoms with van der Waals surface area (Å²) in [6, 6.07) is 16.9. The maximum absolute atomic E-state index is 12.1. The van der Waals surface area contributed by atoms with Gasteiger partial charge in [-0.1, -0.05) is 57.2 Å². The number of rotatable bonds is 5. The molecule has 0 bridgehead atoms. The van der Waals surface area contributed by atoms with Crippen LogP contribution in [0.15, 0.2) is 64.2 Å². The second kappa shape index (κ2) is 8.66. The molecule has 3 aromatic carbocycles. The number of benzene rings is 3. The molecule has 5 nitrogen and oxygen atoms in total. The minimum Gasteiger partial charge on any atom is -0.507 e. The lowest BCUT2D eigenvalue weighted by Gasteiger charge is -2.20. The Morgan fingerprint density at radius 3 is 2.66 bits per heavy atom. The lowest BCUT2D eigenvalue weighted by molar-refractivity contribution is -0.123. The third kappa shape index (κ3) is 5.15. The Balaban J connectivity index is 1.62. The van der Waals surface area contributed by atoms with E-state index >= 15 is 0 Å². The number of nitrogens with zero attached hydrogens (tertiary/aromatic N) is 1. The summed E-state index contributed by atoms with van der Waals surface area (Å²) in [4.78, 5) is 12.1. The summed E-state index contributed by atoms with van der Waals surface area (Å²) in [6.45, 7) is 6.23. The van der Waals surface area contributed by atoms with Gasteiger partial charge in [0.2, 0.25) is 0 Å². The maximum atomic E-state index is 12.1. The third-order valence-corrected chi connectivity index (χ3v) is 5.11. The zero-order valence-electron chi connectivity index (χ0n) is 16.6. The molecule has 0 radical (unpaired) electrons. The van der Waals surface area contributed by atoms with Crippen molar-refractivity contribution < 1.29 is 14.6 Å². The van der Waals surface area contributed by atoms with E-state index < -0.39 is 5.91 Å². The number of carbonyl (C=O) groups is 1. The van der Waals surface area contributed by atoms with Crippen molar-refractivity contribution in [2.75, 3.05) is 6.61 Å². The molecular formula is C23H23BrN2O3. The summed E-state index contributed by atoms with van der Waals surface area (Å²) >= 11 is 3.49. The number of hydrazone groups is 1. The summed E-state index contributed by atoms with van der Waals surface area (Å²) in [5.74, 6) is 0.289. The van der Waals surface area contributed by atoms with Gasteiger partial charge < -0.3 is 9.84 Å². The van der Waals surface area contributed by atoms with Crippen LogP contribution in [0.2, 0.25) is 0 Å². The highest BCUT2D eigenvalue weighted by Gasteiger charge is 2.15. The number of aromatic hydroxyl groups is 1. The minimum atomic E-state index is -0.396. The molecule has 2 N–H and O–H groups in total. The number of halogens is 1. The fourth-order valence-electron chi connectivity index (χ4n) is 2.85. The molecule has 0 saturated heterocycles. The van der Waals surface area contributed by atoms with Gasteiger partial charge in [-0.25, -0.2) is 5.43 Å². The topological polar surface area (TPSA) is 70.9 Å². The summed E-state index contributed by atoms with van der Waals surface area (Å²) in [5.41, 5.74) is 4.17. The van der Waals surface area contributed by atoms with E-state index in [-0.39, 0.29) is 17.8 Å². The van der Waals surface area contributed by atoms with Crippen molar-refractivity contribution in [3.05, 3.63) is 70.2 Å². The van der Waals surface area contributed by atoms with Crippen LogP contribution in [0.5, 0.6) is 11.5 Å². The smallest absolute Gasteiger partial charge is 0.277 e. The van der Waals surface area contributed by atoms with Crippen molar-refractivity contribution in [3.63, 3.8) is 0 Å². The molecule has 0 heterocycles. The van der Waals surface area contributed by atoms with Gasteiger partial charge in [0.1, 0.15) is 11.5 Å². The minimum absolute atomic E-state index is 0.0281. The second-order valence-electron chi connectivity index (χ2n) is 7.70. The van der Waals surface area contributed by atoms with Gasteiger partial charge in [-0.3, -0.25) is 4.79 Å². The molecule has 0 aliphatic heterocycles. The van der Waals surface area contributed by atoms with Crippen LogP contribution in [-0.2, 0) is 10.2 Å². The first kappa shape index (κ1) is 20.9. The Bertz CT molecular complexity index is 1070. The maximum Gasteiger partial charge on any atom is 0.277 e. The molecule has 1 amide bonds. The summed E-state index contributed by atoms with van der Waals surface area (Å²) in [6.07, 6.45) is 1.43. The molecular weight excluding hydrogens is 432 g/mol. The van der Waals surface area contributed by atoms with Gasteiger partial charge in [-0.05, 0) is 55.9 Å². The number of amides is 1. The molecule has 3 rings (SSSR count). The van der Waals surface area contributed by atoms with E-state index in [1.165, 1.54) is 11.8 Å². The number of phenolic OH excluding ortho intramolecular Hbond substituents is 1. The van der Waals surface area contributed by atoms with Gasteiger partial charge >= 0.3 is 0 Å². The summed E-state index contributed by atoms with van der Waals surface area (Å²) in [5, 5.41) is 15.9. The Kier molecular flexibility index (Phi) is 6.23. The van der Waals surface area contributed by atoms with E-state index in [1.54, 1.807) is 6.07 Å². The molecule has 0 fully saturated rings. The summed E-state index contributed by atoms with van der Waals surface area (Å²) < 4.78 is 6.37. The first-order valence-corrected chi connectivity index (χ1v) is 10.0. The van der Waals surface area contributed by atoms with Gasteiger partial charge in [0.25, 0.3) is 5.91 Å². The molecule has 0 aliphatic rings. The SMILES string of the molecule is CC(C)(C)c1ccc(OCC(=O)N/N=C\c2c(O)ccc3ccccc23)c(Br)c1. The lowest BCUT2D eigenvalue weighted by Crippen LogP contribution is -2.24. The van der Waals surface area contributed by atoms with Crippen molar-refractivity contribution in [1.82, 2.24) is 5.43 Å². The van der Waals surface area contributed by atoms with Crippen molar-refractivity contribution in [3.8, 4) is 11.5 Å². The van der Waals surface area contributed by atoms with Gasteiger partial charge in [-0.2, -0.15) is 5.10 Å². The predicted octanol–water partition coefficient (Wildman–Crippen LogP) is 5.13. The second-order valence-corrected chi connectivity index (χ2v) is 8.55. The molecule has 6 heteroatoms. The van der Waals surface area contributed by atoms with E-state index in [4.69, 9.17) is 4.74 Å². The quantitative estimate of drug-likeness (QED) is 0.414. The van der Waals surface area contributed by atoms with Gasteiger partial charge in [0, 0.05) is 5.56 Å². The fourth-order valence-corrected chi connectivity index (χ4v) is 3.34. The molecule has 29 heavy (non-hydrogen) atoms. The number of phenols is 1. The molecule has 150 valence electrons. The standard InChI is InChI=1S/C23H23BrN2O3/c1-23(2,3)16-9-11-21(19(24)12-16)29-14-22(28)26-25-13-18-17-7-5-4-6-15(17)8-10-20(18)27/h4-13,27H,14H2,1-3H3,(H,26,28)/b25-13-. The van der Waals surface area contributed by atoms with Crippen molar-refractivity contribution in [1.29, 1.82) is 0 Å². The molecule has 0 unspecified atom stereocenters. The number of nitrogens with one attached hydrogen (secondary N) is 1. The first-order valence-electron chi connectivity index (χ1n) is 9.21. The fraction of sp³-hybridized carbons (Fsp3) is 0.217. The van der Waals surface area contributed by atoms with Crippen LogP contribution in [0, 0.1) is 0 Å². The van der Waals surface area contributed by atoms with Crippen LogP contribution in [0.3, 0.4) is 0 Å². The monoisotopic (exact) mass is 454 g/mol. The normalized spacial score (nSPS) is 11.7. The average Bonchev–Trinajstić information content (AvgIpc) is 2.68. The van der Waals surface area contributed by atoms with Gasteiger partial charge in [0.05, 0.1) is 10.7 Å². The van der Waals surface area contributed by atoms with E-state index in [1.807, 2.05) is 48.5 Å². The Labute approximate surface area is 178 Å². The van der Waals surface area contributed by atoms with E-state index in [0.29, 0.717) is 11.3 Å². The number of hydrogen-bond acceptors (Lipinski definition) is 4. The summed E-state index contributed by atoms with van der Waals surface area (Å²) in [7, 11) is 0. The Hall–Kier alpha value is -2.86. The lowest BCUT2D eigenvalue weighted by atomic mass is 9.87. The first-order chi connectivity index (χ1) is 13.8. The zero-order valence-corrected chi connectivity index (χ0v) is 18.2. The van der Waals surface area contributed by atoms with Crippen molar-refractivity contribution in [2.24, 2.45) is 5.10 Å². The highest BCUT2D eigenvalue weighted by Crippen LogP contribution is 2.31. The van der Waals surface area contributed by atoms with Crippen LogP contribution in [0.4, 0.5) is 0 Å². The van der Waals surface area contributed by atoms with Crippen molar-refractivity contribution >= 4 is 38.8 Å². The van der Waals surface area contributed by atoms with Crippen LogP contribution < -0.4 is 10.2 Å². The highest BCUT2D eigenvalue weighted by molar-refractivity contribution is 9.10. The number of fused-ring (bicyclic) bond motifs is 1. The van der Waals surface area contributed by atoms with Crippen LogP contribution in [-0.4, -0.2) is 23.8 Å². The van der Waals surface area contributed by atoms with Gasteiger partial charge in [-0.15, -0.1) is 0 Å². The van der Waals surface area contributed by atoms with E-state index in [2.05, 4.69) is 47.2 Å². The predicted molar refractivity (Wildman–Crippen MR) is 120 cm³/mol. The van der Waals surface area contributed by atoms with Crippen LogP contribution >= 0.6 is 15.9 Å². The van der Waals surface area contributed by atoms with Gasteiger partial charge in [0.15, 0.2) is 6.61 Å². The molecule has 0 saturated carbocycles. The molecule has 0 spiro atoms. The van der Waals surface area contributed by atoms with Crippen molar-refractivity contribution in [2.45, 2.75) is 26.2 Å². The number of ether oxygens (including phenoxy) is 1. The van der Waals surface area contributed by atoms with E-state index in [0.717, 1.165) is 15.2 Å². The third-order valence-electron chi connectivity index (χ3n) is 4.49. The molecule has 0 atom stereocenters. The number of hydrogen-bond donors (Lipinski definition) is 2. The zero-order chi connectivity index (χ0) is 21.0. The largest absolute Gasteiger partial charge is 0.507 e. The average molecular weight is 455 g/mol. The molecule has 0 aliphatic carbocycles. The van der Waals surface area contributed by atoms with Crippen LogP contribution in [0.25, 0.3) is 10.8 Å². The molecule has 0 aromatic heterocycles. The Morgan fingerprint density at radius 2 is 1.93 bits per heavy atom. The Morgan fingerprint density at radius 1 is 1.17 bits per heavy atom. The number of carbonyl (C=O) groups excluding carboxylic acids is 1.